The average molecular weight is 214 g/mol. The molecule has 1 atom stereocenters. The van der Waals surface area contributed by atoms with Gasteiger partial charge in [-0.25, -0.2) is 9.97 Å². The molecule has 0 radical (unpaired) electrons. The Morgan fingerprint density at radius 1 is 1.50 bits per heavy atom. The standard InChI is InChI=1S/C9H14N2O2S/c1-2-7-3-9(11-6-10-7)14-5-8(13)4-12/h3,6,8,12-13H,2,4-5H2,1H3. The summed E-state index contributed by atoms with van der Waals surface area (Å²) in [6.07, 6.45) is 1.71. The first kappa shape index (κ1) is 11.4. The highest BCUT2D eigenvalue weighted by Gasteiger charge is 2.04. The molecular formula is C9H14N2O2S. The zero-order valence-electron chi connectivity index (χ0n) is 8.05. The highest BCUT2D eigenvalue weighted by atomic mass is 32.2. The number of hydrogen-bond donors (Lipinski definition) is 2. The Morgan fingerprint density at radius 3 is 2.93 bits per heavy atom. The van der Waals surface area contributed by atoms with Crippen LogP contribution in [-0.2, 0) is 6.42 Å². The molecule has 14 heavy (non-hydrogen) atoms. The molecule has 1 unspecified atom stereocenters. The van der Waals surface area contributed by atoms with Crippen LogP contribution in [0, 0.1) is 0 Å². The third-order valence-electron chi connectivity index (χ3n) is 1.70. The Hall–Kier alpha value is -0.650. The van der Waals surface area contributed by atoms with Crippen molar-refractivity contribution in [3.8, 4) is 0 Å². The Morgan fingerprint density at radius 2 is 2.29 bits per heavy atom. The van der Waals surface area contributed by atoms with Crippen molar-refractivity contribution in [3.05, 3.63) is 18.1 Å². The Kier molecular flexibility index (Phi) is 4.86. The summed E-state index contributed by atoms with van der Waals surface area (Å²) in [5.41, 5.74) is 0.987. The molecule has 1 aromatic rings. The predicted octanol–water partition coefficient (Wildman–Crippen LogP) is 0.484. The minimum Gasteiger partial charge on any atom is -0.394 e. The summed E-state index contributed by atoms with van der Waals surface area (Å²) in [6.45, 7) is 1.82. The average Bonchev–Trinajstić information content (AvgIpc) is 2.26. The van der Waals surface area contributed by atoms with E-state index < -0.39 is 6.10 Å². The molecule has 0 aliphatic rings. The van der Waals surface area contributed by atoms with E-state index in [1.165, 1.54) is 18.1 Å². The van der Waals surface area contributed by atoms with Gasteiger partial charge in [-0.1, -0.05) is 6.92 Å². The molecule has 1 rings (SSSR count). The number of aryl methyl sites for hydroxylation is 1. The van der Waals surface area contributed by atoms with Crippen LogP contribution in [0.4, 0.5) is 0 Å². The number of aromatic nitrogens is 2. The molecule has 0 spiro atoms. The molecule has 0 aliphatic heterocycles. The minimum absolute atomic E-state index is 0.210. The predicted molar refractivity (Wildman–Crippen MR) is 55.2 cm³/mol. The van der Waals surface area contributed by atoms with Gasteiger partial charge in [0.15, 0.2) is 0 Å². The summed E-state index contributed by atoms with van der Waals surface area (Å²) < 4.78 is 0. The van der Waals surface area contributed by atoms with E-state index >= 15 is 0 Å². The van der Waals surface area contributed by atoms with E-state index in [4.69, 9.17) is 10.2 Å². The van der Waals surface area contributed by atoms with E-state index in [1.54, 1.807) is 0 Å². The van der Waals surface area contributed by atoms with Crippen molar-refractivity contribution in [2.24, 2.45) is 0 Å². The number of hydrogen-bond acceptors (Lipinski definition) is 5. The molecule has 5 heteroatoms. The number of aliphatic hydroxyl groups excluding tert-OH is 2. The molecule has 0 fully saturated rings. The van der Waals surface area contributed by atoms with Gasteiger partial charge in [0.2, 0.25) is 0 Å². The summed E-state index contributed by atoms with van der Waals surface area (Å²) in [7, 11) is 0. The fraction of sp³-hybridized carbons (Fsp3) is 0.556. The maximum absolute atomic E-state index is 9.13. The molecule has 0 bridgehead atoms. The molecular weight excluding hydrogens is 200 g/mol. The lowest BCUT2D eigenvalue weighted by Gasteiger charge is -2.05. The second-order valence-corrected chi connectivity index (χ2v) is 3.89. The third-order valence-corrected chi connectivity index (χ3v) is 2.77. The zero-order chi connectivity index (χ0) is 10.4. The monoisotopic (exact) mass is 214 g/mol. The zero-order valence-corrected chi connectivity index (χ0v) is 8.87. The number of aliphatic hydroxyl groups is 2. The molecule has 1 aromatic heterocycles. The Balaban J connectivity index is 2.50. The highest BCUT2D eigenvalue weighted by molar-refractivity contribution is 7.99. The van der Waals surface area contributed by atoms with Crippen LogP contribution >= 0.6 is 11.8 Å². The van der Waals surface area contributed by atoms with Crippen molar-refractivity contribution < 1.29 is 10.2 Å². The lowest BCUT2D eigenvalue weighted by atomic mass is 10.3. The molecule has 0 saturated heterocycles. The van der Waals surface area contributed by atoms with Crippen LogP contribution in [0.2, 0.25) is 0 Å². The number of rotatable bonds is 5. The summed E-state index contributed by atoms with van der Waals surface area (Å²) in [6, 6.07) is 1.90. The maximum Gasteiger partial charge on any atom is 0.116 e. The first-order chi connectivity index (χ1) is 6.76. The molecule has 4 nitrogen and oxygen atoms in total. The van der Waals surface area contributed by atoms with Crippen LogP contribution in [0.15, 0.2) is 17.4 Å². The van der Waals surface area contributed by atoms with E-state index in [9.17, 15) is 0 Å². The van der Waals surface area contributed by atoms with Crippen molar-refractivity contribution >= 4 is 11.8 Å². The summed E-state index contributed by atoms with van der Waals surface area (Å²) in [5, 5.41) is 18.6. The first-order valence-corrected chi connectivity index (χ1v) is 5.47. The quantitative estimate of drug-likeness (QED) is 0.551. The van der Waals surface area contributed by atoms with Crippen molar-refractivity contribution in [1.82, 2.24) is 9.97 Å². The fourth-order valence-electron chi connectivity index (χ4n) is 0.884. The van der Waals surface area contributed by atoms with Gasteiger partial charge < -0.3 is 10.2 Å². The molecule has 2 N–H and O–H groups in total. The van der Waals surface area contributed by atoms with Crippen LogP contribution < -0.4 is 0 Å². The molecule has 0 aromatic carbocycles. The molecule has 0 amide bonds. The van der Waals surface area contributed by atoms with Gasteiger partial charge in [-0.3, -0.25) is 0 Å². The lowest BCUT2D eigenvalue weighted by Crippen LogP contribution is -2.14. The minimum atomic E-state index is -0.681. The van der Waals surface area contributed by atoms with Crippen LogP contribution in [-0.4, -0.2) is 38.6 Å². The molecule has 1 heterocycles. The van der Waals surface area contributed by atoms with E-state index in [2.05, 4.69) is 9.97 Å². The van der Waals surface area contributed by atoms with Crippen LogP contribution in [0.5, 0.6) is 0 Å². The Labute approximate surface area is 87.4 Å². The van der Waals surface area contributed by atoms with E-state index in [0.29, 0.717) is 5.75 Å². The number of nitrogens with zero attached hydrogens (tertiary/aromatic N) is 2. The van der Waals surface area contributed by atoms with Gasteiger partial charge in [-0.05, 0) is 12.5 Å². The summed E-state index contributed by atoms with van der Waals surface area (Å²) >= 11 is 1.42. The van der Waals surface area contributed by atoms with Crippen molar-refractivity contribution in [1.29, 1.82) is 0 Å². The molecule has 78 valence electrons. The highest BCUT2D eigenvalue weighted by Crippen LogP contribution is 2.16. The van der Waals surface area contributed by atoms with Gasteiger partial charge in [-0.2, -0.15) is 0 Å². The van der Waals surface area contributed by atoms with Gasteiger partial charge in [0, 0.05) is 11.4 Å². The van der Waals surface area contributed by atoms with Gasteiger partial charge in [0.1, 0.15) is 6.33 Å². The fourth-order valence-corrected chi connectivity index (χ4v) is 1.69. The van der Waals surface area contributed by atoms with Crippen LogP contribution in [0.1, 0.15) is 12.6 Å². The largest absolute Gasteiger partial charge is 0.394 e. The lowest BCUT2D eigenvalue weighted by molar-refractivity contribution is 0.113. The van der Waals surface area contributed by atoms with Gasteiger partial charge in [0.05, 0.1) is 17.7 Å². The summed E-state index contributed by atoms with van der Waals surface area (Å²) in [5.74, 6) is 0.455. The topological polar surface area (TPSA) is 66.2 Å². The second kappa shape index (κ2) is 5.95. The Bertz CT molecular complexity index is 283. The van der Waals surface area contributed by atoms with Crippen molar-refractivity contribution in [3.63, 3.8) is 0 Å². The first-order valence-electron chi connectivity index (χ1n) is 4.49. The SMILES string of the molecule is CCc1cc(SCC(O)CO)ncn1. The smallest absolute Gasteiger partial charge is 0.116 e. The summed E-state index contributed by atoms with van der Waals surface area (Å²) in [4.78, 5) is 8.12. The van der Waals surface area contributed by atoms with Crippen molar-refractivity contribution in [2.75, 3.05) is 12.4 Å². The second-order valence-electron chi connectivity index (χ2n) is 2.85. The number of thioether (sulfide) groups is 1. The van der Waals surface area contributed by atoms with E-state index in [1.807, 2.05) is 13.0 Å². The molecule has 0 saturated carbocycles. The van der Waals surface area contributed by atoms with E-state index in [0.717, 1.165) is 17.1 Å². The molecule has 0 aliphatic carbocycles. The van der Waals surface area contributed by atoms with Gasteiger partial charge >= 0.3 is 0 Å². The van der Waals surface area contributed by atoms with Crippen LogP contribution in [0.25, 0.3) is 0 Å². The van der Waals surface area contributed by atoms with Crippen LogP contribution in [0.3, 0.4) is 0 Å². The third kappa shape index (κ3) is 3.61. The van der Waals surface area contributed by atoms with E-state index in [-0.39, 0.29) is 6.61 Å². The van der Waals surface area contributed by atoms with Gasteiger partial charge in [0.25, 0.3) is 0 Å². The maximum atomic E-state index is 9.13. The van der Waals surface area contributed by atoms with Crippen molar-refractivity contribution in [2.45, 2.75) is 24.5 Å². The van der Waals surface area contributed by atoms with Gasteiger partial charge in [-0.15, -0.1) is 11.8 Å². The normalized spacial score (nSPS) is 12.8.